The Labute approximate surface area is 184 Å². The second-order valence-corrected chi connectivity index (χ2v) is 7.13. The second-order valence-electron chi connectivity index (χ2n) is 5.89. The number of hydrogen-bond acceptors (Lipinski definition) is 6. The zero-order valence-corrected chi connectivity index (χ0v) is 17.8. The van der Waals surface area contributed by atoms with Gasteiger partial charge in [0.15, 0.2) is 23.2 Å². The van der Waals surface area contributed by atoms with E-state index >= 15 is 0 Å². The van der Waals surface area contributed by atoms with Gasteiger partial charge in [0, 0.05) is 0 Å². The Balaban J connectivity index is 2.04. The van der Waals surface area contributed by atoms with E-state index in [0.717, 1.165) is 4.90 Å². The van der Waals surface area contributed by atoms with Crippen LogP contribution in [0, 0.1) is 17.1 Å². The van der Waals surface area contributed by atoms with Crippen molar-refractivity contribution in [2.24, 2.45) is 0 Å². The molecule has 0 aliphatic carbocycles. The van der Waals surface area contributed by atoms with Gasteiger partial charge >= 0.3 is 0 Å². The zero-order chi connectivity index (χ0) is 21.8. The van der Waals surface area contributed by atoms with Gasteiger partial charge in [-0.05, 0) is 64.1 Å². The summed E-state index contributed by atoms with van der Waals surface area (Å²) in [4.78, 5) is 26.3. The summed E-state index contributed by atoms with van der Waals surface area (Å²) >= 11 is 8.39. The van der Waals surface area contributed by atoms with Crippen LogP contribution in [0.25, 0.3) is 6.08 Å². The van der Waals surface area contributed by atoms with Crippen LogP contribution in [-0.4, -0.2) is 30.6 Å². The number of ether oxygens (including phenoxy) is 2. The fourth-order valence-corrected chi connectivity index (χ4v) is 3.59. The number of halogens is 2. The number of nitriles is 1. The first-order chi connectivity index (χ1) is 14.4. The quantitative estimate of drug-likeness (QED) is 0.393. The number of para-hydroxylation sites is 1. The fraction of sp³-hybridized carbons (Fsp3) is 0.100. The minimum Gasteiger partial charge on any atom is -0.493 e. The molecule has 3 rings (SSSR count). The van der Waals surface area contributed by atoms with Gasteiger partial charge in [0.05, 0.1) is 17.3 Å². The second kappa shape index (κ2) is 9.02. The maximum absolute atomic E-state index is 14.2. The largest absolute Gasteiger partial charge is 0.493 e. The number of rotatable bonds is 5. The maximum atomic E-state index is 14.2. The summed E-state index contributed by atoms with van der Waals surface area (Å²) < 4.78 is 25.3. The Morgan fingerprint density at radius 1 is 1.33 bits per heavy atom. The molecule has 152 valence electrons. The highest BCUT2D eigenvalue weighted by molar-refractivity contribution is 9.10. The molecule has 2 aromatic rings. The molecule has 0 spiro atoms. The van der Waals surface area contributed by atoms with Gasteiger partial charge in [-0.1, -0.05) is 12.1 Å². The summed E-state index contributed by atoms with van der Waals surface area (Å²) in [6, 6.07) is 10.6. The van der Waals surface area contributed by atoms with E-state index < -0.39 is 17.6 Å². The molecule has 7 nitrogen and oxygen atoms in total. The van der Waals surface area contributed by atoms with Crippen molar-refractivity contribution in [3.8, 4) is 17.6 Å². The van der Waals surface area contributed by atoms with Gasteiger partial charge < -0.3 is 9.47 Å². The van der Waals surface area contributed by atoms with Crippen molar-refractivity contribution >= 4 is 56.8 Å². The molecule has 1 heterocycles. The standard InChI is InChI=1S/C20H13BrFN3O4S/c1-28-16-10-11(9-13(21)17(16)29-7-6-23)8-12-18(26)24-20(30)25(19(12)27)15-5-3-2-4-14(15)22/h2-5,8-10H,7H2,1H3,(H,24,26,30)/b12-8+. The molecule has 1 fully saturated rings. The van der Waals surface area contributed by atoms with Gasteiger partial charge in [0.1, 0.15) is 17.5 Å². The molecule has 30 heavy (non-hydrogen) atoms. The highest BCUT2D eigenvalue weighted by Crippen LogP contribution is 2.37. The van der Waals surface area contributed by atoms with Gasteiger partial charge in [-0.3, -0.25) is 14.9 Å². The molecule has 10 heteroatoms. The first-order valence-electron chi connectivity index (χ1n) is 8.40. The molecule has 0 bridgehead atoms. The number of carbonyl (C=O) groups is 2. The third-order valence-corrected chi connectivity index (χ3v) is 4.91. The Bertz CT molecular complexity index is 1130. The molecule has 0 atom stereocenters. The molecule has 1 N–H and O–H groups in total. The minimum absolute atomic E-state index is 0.0718. The van der Waals surface area contributed by atoms with Crippen LogP contribution in [0.4, 0.5) is 10.1 Å². The maximum Gasteiger partial charge on any atom is 0.270 e. The summed E-state index contributed by atoms with van der Waals surface area (Å²) in [6.07, 6.45) is 1.33. The molecule has 0 saturated carbocycles. The van der Waals surface area contributed by atoms with Crippen molar-refractivity contribution in [1.29, 1.82) is 5.26 Å². The average Bonchev–Trinajstić information content (AvgIpc) is 2.71. The first kappa shape index (κ1) is 21.4. The van der Waals surface area contributed by atoms with Crippen LogP contribution >= 0.6 is 28.1 Å². The van der Waals surface area contributed by atoms with Gasteiger partial charge in [0.2, 0.25) is 0 Å². The van der Waals surface area contributed by atoms with Crippen molar-refractivity contribution in [1.82, 2.24) is 5.32 Å². The number of benzene rings is 2. The monoisotopic (exact) mass is 489 g/mol. The van der Waals surface area contributed by atoms with E-state index in [9.17, 15) is 14.0 Å². The van der Waals surface area contributed by atoms with E-state index in [4.69, 9.17) is 27.0 Å². The fourth-order valence-electron chi connectivity index (χ4n) is 2.74. The van der Waals surface area contributed by atoms with Crippen LogP contribution in [0.3, 0.4) is 0 Å². The van der Waals surface area contributed by atoms with Crippen LogP contribution in [0.15, 0.2) is 46.4 Å². The molecule has 0 radical (unpaired) electrons. The van der Waals surface area contributed by atoms with E-state index in [1.165, 1.54) is 37.5 Å². The molecular weight excluding hydrogens is 477 g/mol. The zero-order valence-electron chi connectivity index (χ0n) is 15.4. The van der Waals surface area contributed by atoms with Crippen LogP contribution in [-0.2, 0) is 9.59 Å². The molecule has 2 amide bonds. The van der Waals surface area contributed by atoms with Gasteiger partial charge in [0.25, 0.3) is 11.8 Å². The average molecular weight is 490 g/mol. The van der Waals surface area contributed by atoms with Gasteiger partial charge in [-0.15, -0.1) is 0 Å². The number of carbonyl (C=O) groups excluding carboxylic acids is 2. The molecule has 1 aliphatic heterocycles. The third-order valence-electron chi connectivity index (χ3n) is 4.04. The normalized spacial score (nSPS) is 15.1. The smallest absolute Gasteiger partial charge is 0.270 e. The number of thiocarbonyl (C=S) groups is 1. The van der Waals surface area contributed by atoms with Crippen molar-refractivity contribution in [3.05, 3.63) is 57.8 Å². The van der Waals surface area contributed by atoms with Gasteiger partial charge in [-0.2, -0.15) is 5.26 Å². The van der Waals surface area contributed by atoms with Crippen molar-refractivity contribution < 1.29 is 23.5 Å². The van der Waals surface area contributed by atoms with Crippen LogP contribution < -0.4 is 19.7 Å². The van der Waals surface area contributed by atoms with E-state index in [0.29, 0.717) is 15.8 Å². The van der Waals surface area contributed by atoms with E-state index in [2.05, 4.69) is 21.2 Å². The Morgan fingerprint density at radius 3 is 2.73 bits per heavy atom. The lowest BCUT2D eigenvalue weighted by Gasteiger charge is -2.29. The van der Waals surface area contributed by atoms with Crippen molar-refractivity contribution in [3.63, 3.8) is 0 Å². The number of hydrogen-bond donors (Lipinski definition) is 1. The van der Waals surface area contributed by atoms with E-state index in [-0.39, 0.29) is 28.7 Å². The van der Waals surface area contributed by atoms with E-state index in [1.54, 1.807) is 12.1 Å². The summed E-state index contributed by atoms with van der Waals surface area (Å²) in [5, 5.41) is 10.9. The van der Waals surface area contributed by atoms with Crippen LogP contribution in [0.5, 0.6) is 11.5 Å². The number of methoxy groups -OCH3 is 1. The highest BCUT2D eigenvalue weighted by atomic mass is 79.9. The first-order valence-corrected chi connectivity index (χ1v) is 9.60. The summed E-state index contributed by atoms with van der Waals surface area (Å²) in [5.74, 6) is -1.55. The minimum atomic E-state index is -0.770. The molecule has 1 aliphatic rings. The van der Waals surface area contributed by atoms with E-state index in [1.807, 2.05) is 6.07 Å². The molecule has 1 saturated heterocycles. The predicted molar refractivity (Wildman–Crippen MR) is 114 cm³/mol. The predicted octanol–water partition coefficient (Wildman–Crippen LogP) is 3.33. The topological polar surface area (TPSA) is 91.7 Å². The van der Waals surface area contributed by atoms with Crippen molar-refractivity contribution in [2.45, 2.75) is 0 Å². The SMILES string of the molecule is COc1cc(/C=C2\C(=O)NC(=S)N(c3ccccc3F)C2=O)cc(Br)c1OCC#N. The lowest BCUT2D eigenvalue weighted by Crippen LogP contribution is -2.54. The number of nitrogens with zero attached hydrogens (tertiary/aromatic N) is 2. The Kier molecular flexibility index (Phi) is 6.44. The van der Waals surface area contributed by atoms with Crippen LogP contribution in [0.1, 0.15) is 5.56 Å². The summed E-state index contributed by atoms with van der Waals surface area (Å²) in [6.45, 7) is -0.189. The van der Waals surface area contributed by atoms with Gasteiger partial charge in [-0.25, -0.2) is 9.29 Å². The number of amides is 2. The van der Waals surface area contributed by atoms with Crippen molar-refractivity contribution in [2.75, 3.05) is 18.6 Å². The Hall–Kier alpha value is -3.29. The summed E-state index contributed by atoms with van der Waals surface area (Å²) in [5.41, 5.74) is 0.117. The lowest BCUT2D eigenvalue weighted by molar-refractivity contribution is -0.122. The van der Waals surface area contributed by atoms with Crippen LogP contribution in [0.2, 0.25) is 0 Å². The summed E-state index contributed by atoms with van der Waals surface area (Å²) in [7, 11) is 1.41. The molecule has 0 unspecified atom stereocenters. The lowest BCUT2D eigenvalue weighted by atomic mass is 10.1. The highest BCUT2D eigenvalue weighted by Gasteiger charge is 2.35. The number of anilines is 1. The number of nitrogens with one attached hydrogen (secondary N) is 1. The molecular formula is C20H13BrFN3O4S. The molecule has 2 aromatic carbocycles. The Morgan fingerprint density at radius 2 is 2.07 bits per heavy atom. The molecule has 0 aromatic heterocycles. The third kappa shape index (κ3) is 4.17.